The molecule has 3 N–H and O–H groups in total. The minimum Gasteiger partial charge on any atom is -0.461 e. The number of nitrogen functional groups attached to an aromatic ring is 1. The monoisotopic (exact) mass is 616 g/mol. The van der Waals surface area contributed by atoms with E-state index in [9.17, 15) is 9.65 Å². The lowest BCUT2D eigenvalue weighted by molar-refractivity contribution is -0.0132. The van der Waals surface area contributed by atoms with Crippen molar-refractivity contribution in [2.45, 2.75) is 62.9 Å². The van der Waals surface area contributed by atoms with Crippen LogP contribution in [0, 0.1) is 23.0 Å². The molecule has 4 saturated heterocycles. The maximum absolute atomic E-state index is 17.2. The fourth-order valence-corrected chi connectivity index (χ4v) is 9.17. The highest BCUT2D eigenvalue weighted by Gasteiger charge is 2.49. The summed E-state index contributed by atoms with van der Waals surface area (Å²) in [6.45, 7) is 4.62. The molecule has 0 radical (unpaired) electrons. The summed E-state index contributed by atoms with van der Waals surface area (Å²) in [6.07, 6.45) is 6.36. The number of aromatic nitrogens is 3. The third kappa shape index (κ3) is 3.62. The molecule has 44 heavy (non-hydrogen) atoms. The number of hydrogen-bond donors (Lipinski definition) is 2. The van der Waals surface area contributed by atoms with Crippen LogP contribution in [-0.4, -0.2) is 70.3 Å². The van der Waals surface area contributed by atoms with Gasteiger partial charge in [-0.05, 0) is 49.8 Å². The molecular weight excluding hydrogens is 586 g/mol. The highest BCUT2D eigenvalue weighted by molar-refractivity contribution is 7.23. The Kier molecular flexibility index (Phi) is 5.85. The van der Waals surface area contributed by atoms with Gasteiger partial charge in [-0.15, -0.1) is 11.3 Å². The summed E-state index contributed by atoms with van der Waals surface area (Å²) in [5.74, 6) is -0.546. The Labute approximate surface area is 255 Å². The highest BCUT2D eigenvalue weighted by Crippen LogP contribution is 2.48. The normalized spacial score (nSPS) is 25.8. The SMILES string of the molecule is N#Cc1c(N)sc2c(F)cnc(-c3c4c(c5c(N6C7CCC6CNC7)nc(OCC67CCCN6CC7)nc5c3F)COC4)c12. The van der Waals surface area contributed by atoms with Gasteiger partial charge in [-0.1, -0.05) is 0 Å². The number of rotatable bonds is 5. The van der Waals surface area contributed by atoms with E-state index in [2.05, 4.69) is 26.2 Å². The fraction of sp³-hybridized carbons (Fsp3) is 0.484. The van der Waals surface area contributed by atoms with Gasteiger partial charge in [0.1, 0.15) is 29.0 Å². The molecule has 0 saturated carbocycles. The van der Waals surface area contributed by atoms with Crippen LogP contribution in [0.2, 0.25) is 0 Å². The van der Waals surface area contributed by atoms with Crippen molar-refractivity contribution in [3.05, 3.63) is 34.5 Å². The van der Waals surface area contributed by atoms with Gasteiger partial charge < -0.3 is 25.4 Å². The number of thiophene rings is 1. The first-order valence-electron chi connectivity index (χ1n) is 15.2. The maximum atomic E-state index is 17.2. The molecule has 2 bridgehead atoms. The molecule has 8 heterocycles. The summed E-state index contributed by atoms with van der Waals surface area (Å²) in [4.78, 5) is 18.9. The molecule has 0 aliphatic carbocycles. The van der Waals surface area contributed by atoms with E-state index >= 15 is 4.39 Å². The Morgan fingerprint density at radius 1 is 1.14 bits per heavy atom. The molecule has 1 aromatic carbocycles. The quantitative estimate of drug-likeness (QED) is 0.337. The van der Waals surface area contributed by atoms with Crippen LogP contribution >= 0.6 is 11.3 Å². The third-order valence-corrected chi connectivity index (χ3v) is 11.5. The summed E-state index contributed by atoms with van der Waals surface area (Å²) in [6, 6.07) is 2.67. The average Bonchev–Trinajstić information content (AvgIpc) is 3.76. The molecule has 4 fully saturated rings. The molecule has 5 aliphatic rings. The number of ether oxygens (including phenoxy) is 2. The lowest BCUT2D eigenvalue weighted by Gasteiger charge is -2.47. The lowest BCUT2D eigenvalue weighted by atomic mass is 9.86. The Morgan fingerprint density at radius 2 is 1.95 bits per heavy atom. The van der Waals surface area contributed by atoms with Crippen molar-refractivity contribution in [2.24, 2.45) is 0 Å². The number of benzene rings is 1. The lowest BCUT2D eigenvalue weighted by Crippen LogP contribution is -2.59. The molecule has 226 valence electrons. The molecule has 3 atom stereocenters. The van der Waals surface area contributed by atoms with Crippen molar-refractivity contribution in [2.75, 3.05) is 43.4 Å². The standard InChI is InChI=1S/C31H30F2N8O2S/c32-20-11-37-25(22-17(8-34)28(35)44-27(20)22)21-18-12-42-13-19(18)23-26(24(21)33)38-30(43-14-31-4-1-6-40(31)7-5-31)39-29(23)41-15-2-3-16(41)10-36-9-15/h11,15-16,36H,1-7,9-10,12-14,35H2. The smallest absolute Gasteiger partial charge is 0.319 e. The minimum absolute atomic E-state index is 0.00174. The van der Waals surface area contributed by atoms with Crippen LogP contribution in [0.4, 0.5) is 19.6 Å². The van der Waals surface area contributed by atoms with Crippen LogP contribution in [0.25, 0.3) is 32.2 Å². The second-order valence-electron chi connectivity index (χ2n) is 12.6. The molecule has 0 spiro atoms. The molecule has 13 heteroatoms. The molecule has 4 aromatic rings. The second-order valence-corrected chi connectivity index (χ2v) is 13.7. The number of nitrogens with zero attached hydrogens (tertiary/aromatic N) is 6. The van der Waals surface area contributed by atoms with E-state index < -0.39 is 11.6 Å². The molecular formula is C31H30F2N8O2S. The van der Waals surface area contributed by atoms with Gasteiger partial charge in [0, 0.05) is 42.7 Å². The van der Waals surface area contributed by atoms with Crippen molar-refractivity contribution < 1.29 is 18.3 Å². The topological polar surface area (TPSA) is 125 Å². The molecule has 10 nitrogen and oxygen atoms in total. The van der Waals surface area contributed by atoms with Crippen LogP contribution in [0.15, 0.2) is 6.20 Å². The molecule has 9 rings (SSSR count). The van der Waals surface area contributed by atoms with E-state index in [4.69, 9.17) is 25.2 Å². The largest absolute Gasteiger partial charge is 0.461 e. The van der Waals surface area contributed by atoms with Crippen molar-refractivity contribution in [3.8, 4) is 23.3 Å². The first-order valence-corrected chi connectivity index (χ1v) is 16.1. The summed E-state index contributed by atoms with van der Waals surface area (Å²) < 4.78 is 44.6. The van der Waals surface area contributed by atoms with Gasteiger partial charge in [-0.25, -0.2) is 8.78 Å². The second kappa shape index (κ2) is 9.65. The van der Waals surface area contributed by atoms with Crippen molar-refractivity contribution in [3.63, 3.8) is 0 Å². The van der Waals surface area contributed by atoms with Gasteiger partial charge >= 0.3 is 6.01 Å². The van der Waals surface area contributed by atoms with Gasteiger partial charge in [-0.3, -0.25) is 9.88 Å². The number of pyridine rings is 1. The summed E-state index contributed by atoms with van der Waals surface area (Å²) in [7, 11) is 0. The molecule has 0 amide bonds. The predicted molar refractivity (Wildman–Crippen MR) is 161 cm³/mol. The zero-order chi connectivity index (χ0) is 29.7. The zero-order valence-electron chi connectivity index (χ0n) is 24.0. The Bertz CT molecular complexity index is 1910. The van der Waals surface area contributed by atoms with Gasteiger partial charge in [0.2, 0.25) is 0 Å². The highest BCUT2D eigenvalue weighted by atomic mass is 32.1. The van der Waals surface area contributed by atoms with Gasteiger partial charge in [-0.2, -0.15) is 15.2 Å². The Morgan fingerprint density at radius 3 is 2.70 bits per heavy atom. The average molecular weight is 617 g/mol. The van der Waals surface area contributed by atoms with Gasteiger partial charge in [0.15, 0.2) is 11.6 Å². The number of nitriles is 1. The minimum atomic E-state index is -0.612. The molecule has 5 aliphatic heterocycles. The van der Waals surface area contributed by atoms with Gasteiger partial charge in [0.25, 0.3) is 0 Å². The first kappa shape index (κ1) is 26.7. The number of fused-ring (bicyclic) bond motifs is 7. The number of hydrogen-bond acceptors (Lipinski definition) is 11. The van der Waals surface area contributed by atoms with Crippen LogP contribution in [-0.2, 0) is 18.0 Å². The predicted octanol–water partition coefficient (Wildman–Crippen LogP) is 4.23. The fourth-order valence-electron chi connectivity index (χ4n) is 8.25. The van der Waals surface area contributed by atoms with Crippen LogP contribution < -0.4 is 20.7 Å². The van der Waals surface area contributed by atoms with E-state index in [1.807, 2.05) is 0 Å². The van der Waals surface area contributed by atoms with Crippen LogP contribution in [0.5, 0.6) is 6.01 Å². The number of nitrogens with one attached hydrogen (secondary N) is 1. The van der Waals surface area contributed by atoms with Crippen LogP contribution in [0.1, 0.15) is 48.8 Å². The number of anilines is 2. The van der Waals surface area contributed by atoms with Gasteiger partial charge in [0.05, 0.1) is 46.3 Å². The van der Waals surface area contributed by atoms with E-state index in [1.165, 1.54) is 0 Å². The van der Waals surface area contributed by atoms with Crippen molar-refractivity contribution in [1.82, 2.24) is 25.2 Å². The summed E-state index contributed by atoms with van der Waals surface area (Å²) in [5.41, 5.74) is 8.04. The molecule has 3 aromatic heterocycles. The number of halogens is 2. The Hall–Kier alpha value is -3.70. The summed E-state index contributed by atoms with van der Waals surface area (Å²) in [5, 5.41) is 14.4. The van der Waals surface area contributed by atoms with Crippen molar-refractivity contribution >= 4 is 43.1 Å². The number of nitrogens with two attached hydrogens (primary N) is 1. The first-order chi connectivity index (χ1) is 21.5. The van der Waals surface area contributed by atoms with E-state index in [0.29, 0.717) is 23.4 Å². The van der Waals surface area contributed by atoms with Crippen molar-refractivity contribution in [1.29, 1.82) is 5.26 Å². The molecule has 3 unspecified atom stereocenters. The third-order valence-electron chi connectivity index (χ3n) is 10.5. The van der Waals surface area contributed by atoms with E-state index in [1.54, 1.807) is 0 Å². The van der Waals surface area contributed by atoms with E-state index in [0.717, 1.165) is 81.4 Å². The van der Waals surface area contributed by atoms with E-state index in [-0.39, 0.29) is 74.3 Å². The van der Waals surface area contributed by atoms with Crippen LogP contribution in [0.3, 0.4) is 0 Å². The maximum Gasteiger partial charge on any atom is 0.319 e. The zero-order valence-corrected chi connectivity index (χ0v) is 24.8. The summed E-state index contributed by atoms with van der Waals surface area (Å²) >= 11 is 0.961. The number of piperazine rings is 1. The Balaban J connectivity index is 1.29.